The predicted molar refractivity (Wildman–Crippen MR) is 98.1 cm³/mol. The summed E-state index contributed by atoms with van der Waals surface area (Å²) in [4.78, 5) is 43.7. The zero-order chi connectivity index (χ0) is 18.8. The minimum absolute atomic E-state index is 0.187. The van der Waals surface area contributed by atoms with Gasteiger partial charge in [-0.05, 0) is 31.8 Å². The number of hydrogen-bond acceptors (Lipinski definition) is 5. The van der Waals surface area contributed by atoms with E-state index < -0.39 is 11.2 Å². The monoisotopic (exact) mass is 362 g/mol. The molecule has 1 aliphatic rings. The van der Waals surface area contributed by atoms with E-state index in [9.17, 15) is 14.4 Å². The third-order valence-corrected chi connectivity index (χ3v) is 5.14. The van der Waals surface area contributed by atoms with Crippen LogP contribution in [0.25, 0.3) is 11.2 Å². The van der Waals surface area contributed by atoms with E-state index in [4.69, 9.17) is 0 Å². The van der Waals surface area contributed by atoms with Crippen molar-refractivity contribution in [1.29, 1.82) is 0 Å². The SMILES string of the molecule is CCNCC1CCN(C(=O)Cn2c(=O)c3c(ncn3C)n(C)c2=O)CC1. The number of nitrogens with one attached hydrogen (secondary N) is 1. The quantitative estimate of drug-likeness (QED) is 0.758. The Hall–Kier alpha value is -2.42. The van der Waals surface area contributed by atoms with Gasteiger partial charge >= 0.3 is 5.69 Å². The molecule has 2 aromatic rings. The predicted octanol–water partition coefficient (Wildman–Crippen LogP) is -0.718. The van der Waals surface area contributed by atoms with Crippen LogP contribution in [0.5, 0.6) is 0 Å². The number of aryl methyl sites for hydroxylation is 2. The molecule has 0 spiro atoms. The van der Waals surface area contributed by atoms with Gasteiger partial charge in [-0.2, -0.15) is 0 Å². The number of piperidine rings is 1. The van der Waals surface area contributed by atoms with Gasteiger partial charge in [0, 0.05) is 27.2 Å². The van der Waals surface area contributed by atoms with E-state index in [1.807, 2.05) is 0 Å². The van der Waals surface area contributed by atoms with Crippen molar-refractivity contribution >= 4 is 17.1 Å². The van der Waals surface area contributed by atoms with Crippen LogP contribution in [0.3, 0.4) is 0 Å². The molecule has 1 N–H and O–H groups in total. The first-order valence-electron chi connectivity index (χ1n) is 9.03. The summed E-state index contributed by atoms with van der Waals surface area (Å²) in [6, 6.07) is 0. The van der Waals surface area contributed by atoms with Crippen LogP contribution in [0, 0.1) is 5.92 Å². The highest BCUT2D eigenvalue weighted by atomic mass is 16.2. The molecular weight excluding hydrogens is 336 g/mol. The number of nitrogens with zero attached hydrogens (tertiary/aromatic N) is 5. The summed E-state index contributed by atoms with van der Waals surface area (Å²) >= 11 is 0. The third-order valence-electron chi connectivity index (χ3n) is 5.14. The molecule has 3 heterocycles. The van der Waals surface area contributed by atoms with Crippen molar-refractivity contribution in [3.8, 4) is 0 Å². The van der Waals surface area contributed by atoms with Gasteiger partial charge in [-0.25, -0.2) is 14.3 Å². The zero-order valence-electron chi connectivity index (χ0n) is 15.6. The summed E-state index contributed by atoms with van der Waals surface area (Å²) in [6.07, 6.45) is 3.37. The number of imidazole rings is 1. The fourth-order valence-electron chi connectivity index (χ4n) is 3.51. The lowest BCUT2D eigenvalue weighted by Gasteiger charge is -2.32. The fourth-order valence-corrected chi connectivity index (χ4v) is 3.51. The van der Waals surface area contributed by atoms with Crippen molar-refractivity contribution in [2.45, 2.75) is 26.3 Å². The van der Waals surface area contributed by atoms with E-state index in [2.05, 4.69) is 17.2 Å². The number of likely N-dealkylation sites (tertiary alicyclic amines) is 1. The van der Waals surface area contributed by atoms with Gasteiger partial charge in [-0.1, -0.05) is 6.92 Å². The maximum Gasteiger partial charge on any atom is 0.332 e. The molecule has 9 nitrogen and oxygen atoms in total. The Morgan fingerprint density at radius 1 is 1.27 bits per heavy atom. The van der Waals surface area contributed by atoms with Gasteiger partial charge < -0.3 is 14.8 Å². The molecule has 0 unspecified atom stereocenters. The second kappa shape index (κ2) is 7.45. The Labute approximate surface area is 151 Å². The topological polar surface area (TPSA) is 94.2 Å². The van der Waals surface area contributed by atoms with Crippen LogP contribution < -0.4 is 16.6 Å². The lowest BCUT2D eigenvalue weighted by molar-refractivity contribution is -0.133. The van der Waals surface area contributed by atoms with Crippen molar-refractivity contribution in [2.75, 3.05) is 26.2 Å². The molecule has 1 amide bonds. The van der Waals surface area contributed by atoms with E-state index >= 15 is 0 Å². The summed E-state index contributed by atoms with van der Waals surface area (Å²) in [5.74, 6) is 0.382. The van der Waals surface area contributed by atoms with Crippen molar-refractivity contribution in [2.24, 2.45) is 20.0 Å². The van der Waals surface area contributed by atoms with Gasteiger partial charge in [0.25, 0.3) is 5.56 Å². The Kier molecular flexibility index (Phi) is 5.26. The molecular formula is C17H26N6O3. The van der Waals surface area contributed by atoms with Gasteiger partial charge in [0.2, 0.25) is 5.91 Å². The molecule has 1 fully saturated rings. The van der Waals surface area contributed by atoms with Crippen molar-refractivity contribution in [3.05, 3.63) is 27.2 Å². The second-order valence-electron chi connectivity index (χ2n) is 6.89. The molecule has 2 aromatic heterocycles. The minimum atomic E-state index is -0.517. The number of amides is 1. The highest BCUT2D eigenvalue weighted by molar-refractivity contribution is 5.77. The van der Waals surface area contributed by atoms with Crippen LogP contribution in [0.4, 0.5) is 0 Å². The molecule has 0 saturated carbocycles. The van der Waals surface area contributed by atoms with Crippen molar-refractivity contribution < 1.29 is 4.79 Å². The molecule has 1 aliphatic heterocycles. The second-order valence-corrected chi connectivity index (χ2v) is 6.89. The molecule has 3 rings (SSSR count). The summed E-state index contributed by atoms with van der Waals surface area (Å²) in [6.45, 7) is 5.09. The normalized spacial score (nSPS) is 15.7. The van der Waals surface area contributed by atoms with Crippen molar-refractivity contribution in [3.63, 3.8) is 0 Å². The molecule has 0 bridgehead atoms. The third kappa shape index (κ3) is 3.31. The average molecular weight is 362 g/mol. The lowest BCUT2D eigenvalue weighted by Crippen LogP contribution is -2.47. The molecule has 0 aliphatic carbocycles. The molecule has 0 aromatic carbocycles. The van der Waals surface area contributed by atoms with Crippen LogP contribution in [0.15, 0.2) is 15.9 Å². The highest BCUT2D eigenvalue weighted by Crippen LogP contribution is 2.16. The van der Waals surface area contributed by atoms with Crippen LogP contribution in [-0.4, -0.2) is 55.7 Å². The number of rotatable bonds is 5. The van der Waals surface area contributed by atoms with Crippen LogP contribution in [-0.2, 0) is 25.4 Å². The van der Waals surface area contributed by atoms with E-state index in [0.29, 0.717) is 30.2 Å². The Morgan fingerprint density at radius 2 is 1.96 bits per heavy atom. The molecule has 1 saturated heterocycles. The first-order valence-corrected chi connectivity index (χ1v) is 9.03. The highest BCUT2D eigenvalue weighted by Gasteiger charge is 2.24. The number of fused-ring (bicyclic) bond motifs is 1. The average Bonchev–Trinajstić information content (AvgIpc) is 3.03. The molecule has 26 heavy (non-hydrogen) atoms. The Balaban J connectivity index is 1.77. The zero-order valence-corrected chi connectivity index (χ0v) is 15.6. The Bertz CT molecular complexity index is 917. The van der Waals surface area contributed by atoms with Gasteiger partial charge in [-0.15, -0.1) is 0 Å². The molecule has 0 atom stereocenters. The van der Waals surface area contributed by atoms with Gasteiger partial charge in [0.15, 0.2) is 11.2 Å². The van der Waals surface area contributed by atoms with Crippen LogP contribution in [0.2, 0.25) is 0 Å². The van der Waals surface area contributed by atoms with E-state index in [1.165, 1.54) is 10.9 Å². The number of carbonyl (C=O) groups is 1. The summed E-state index contributed by atoms with van der Waals surface area (Å²) < 4.78 is 3.90. The maximum absolute atomic E-state index is 12.7. The molecule has 9 heteroatoms. The molecule has 142 valence electrons. The van der Waals surface area contributed by atoms with Gasteiger partial charge in [-0.3, -0.25) is 14.2 Å². The summed E-state index contributed by atoms with van der Waals surface area (Å²) in [7, 11) is 3.26. The van der Waals surface area contributed by atoms with Crippen LogP contribution in [0.1, 0.15) is 19.8 Å². The summed E-state index contributed by atoms with van der Waals surface area (Å²) in [5, 5.41) is 3.34. The minimum Gasteiger partial charge on any atom is -0.341 e. The van der Waals surface area contributed by atoms with Gasteiger partial charge in [0.1, 0.15) is 6.54 Å². The number of aromatic nitrogens is 4. The standard InChI is InChI=1S/C17H26N6O3/c1-4-18-9-12-5-7-22(8-6-12)13(24)10-23-16(25)14-15(19-11-20(14)2)21(3)17(23)26/h11-12,18H,4-10H2,1-3H3. The lowest BCUT2D eigenvalue weighted by atomic mass is 9.97. The largest absolute Gasteiger partial charge is 0.341 e. The molecule has 0 radical (unpaired) electrons. The maximum atomic E-state index is 12.7. The van der Waals surface area contributed by atoms with Gasteiger partial charge in [0.05, 0.1) is 6.33 Å². The van der Waals surface area contributed by atoms with Crippen LogP contribution >= 0.6 is 0 Å². The smallest absolute Gasteiger partial charge is 0.332 e. The Morgan fingerprint density at radius 3 is 2.62 bits per heavy atom. The summed E-state index contributed by atoms with van der Waals surface area (Å²) in [5.41, 5.74) is -0.338. The number of hydrogen-bond donors (Lipinski definition) is 1. The van der Waals surface area contributed by atoms with E-state index in [1.54, 1.807) is 23.6 Å². The van der Waals surface area contributed by atoms with E-state index in [-0.39, 0.29) is 12.5 Å². The number of carbonyl (C=O) groups excluding carboxylic acids is 1. The fraction of sp³-hybridized carbons (Fsp3) is 0.647. The van der Waals surface area contributed by atoms with E-state index in [0.717, 1.165) is 30.5 Å². The first kappa shape index (κ1) is 18.4. The van der Waals surface area contributed by atoms with Crippen molar-refractivity contribution in [1.82, 2.24) is 28.9 Å². The first-order chi connectivity index (χ1) is 12.4.